The molecule has 16 heavy (non-hydrogen) atoms. The normalized spacial score (nSPS) is 20.9. The second-order valence-corrected chi connectivity index (χ2v) is 5.74. The van der Waals surface area contributed by atoms with Gasteiger partial charge in [-0.25, -0.2) is 4.72 Å². The monoisotopic (exact) mass is 252 g/mol. The van der Waals surface area contributed by atoms with Crippen LogP contribution >= 0.6 is 0 Å². The van der Waals surface area contributed by atoms with Gasteiger partial charge in [0.2, 0.25) is 0 Å². The quantitative estimate of drug-likeness (QED) is 0.647. The Morgan fingerprint density at radius 2 is 2.06 bits per heavy atom. The molecule has 1 fully saturated rings. The minimum absolute atomic E-state index is 0.0838. The summed E-state index contributed by atoms with van der Waals surface area (Å²) in [5.74, 6) is 0.140. The van der Waals surface area contributed by atoms with Gasteiger partial charge < -0.3 is 9.84 Å². The SMILES string of the molecule is CC(CCO)CNS(=O)(=O)N1CCOCC1. The summed E-state index contributed by atoms with van der Waals surface area (Å²) in [7, 11) is -3.38. The van der Waals surface area contributed by atoms with Crippen molar-refractivity contribution in [2.45, 2.75) is 13.3 Å². The van der Waals surface area contributed by atoms with Crippen molar-refractivity contribution < 1.29 is 18.3 Å². The topological polar surface area (TPSA) is 78.9 Å². The van der Waals surface area contributed by atoms with E-state index in [1.165, 1.54) is 4.31 Å². The lowest BCUT2D eigenvalue weighted by Gasteiger charge is -2.26. The van der Waals surface area contributed by atoms with Crippen LogP contribution in [0, 0.1) is 5.92 Å². The molecule has 1 atom stereocenters. The van der Waals surface area contributed by atoms with Crippen LogP contribution in [0.1, 0.15) is 13.3 Å². The van der Waals surface area contributed by atoms with Gasteiger partial charge >= 0.3 is 0 Å². The zero-order chi connectivity index (χ0) is 12.0. The van der Waals surface area contributed by atoms with Gasteiger partial charge in [0.25, 0.3) is 10.2 Å². The number of morpholine rings is 1. The van der Waals surface area contributed by atoms with Crippen LogP contribution in [0.2, 0.25) is 0 Å². The molecule has 1 heterocycles. The molecule has 7 heteroatoms. The van der Waals surface area contributed by atoms with Crippen molar-refractivity contribution in [3.05, 3.63) is 0 Å². The van der Waals surface area contributed by atoms with Crippen molar-refractivity contribution in [2.24, 2.45) is 5.92 Å². The molecule has 1 aliphatic heterocycles. The second kappa shape index (κ2) is 6.51. The predicted molar refractivity (Wildman–Crippen MR) is 60.2 cm³/mol. The minimum atomic E-state index is -3.38. The molecule has 0 amide bonds. The highest BCUT2D eigenvalue weighted by atomic mass is 32.2. The van der Waals surface area contributed by atoms with E-state index in [2.05, 4.69) is 4.72 Å². The maximum Gasteiger partial charge on any atom is 0.279 e. The summed E-state index contributed by atoms with van der Waals surface area (Å²) in [6.07, 6.45) is 0.603. The smallest absolute Gasteiger partial charge is 0.279 e. The summed E-state index contributed by atoms with van der Waals surface area (Å²) >= 11 is 0. The third-order valence-electron chi connectivity index (χ3n) is 2.55. The van der Waals surface area contributed by atoms with Gasteiger partial charge in [-0.05, 0) is 12.3 Å². The number of aliphatic hydroxyl groups is 1. The molecule has 0 spiro atoms. The number of nitrogens with one attached hydrogen (secondary N) is 1. The van der Waals surface area contributed by atoms with E-state index < -0.39 is 10.2 Å². The van der Waals surface area contributed by atoms with Gasteiger partial charge in [-0.1, -0.05) is 6.92 Å². The Labute approximate surface area is 96.8 Å². The number of rotatable bonds is 6. The Hall–Kier alpha value is -0.210. The standard InChI is InChI=1S/C9H20N2O4S/c1-9(2-5-12)8-10-16(13,14)11-3-6-15-7-4-11/h9-10,12H,2-8H2,1H3. The van der Waals surface area contributed by atoms with Crippen molar-refractivity contribution >= 4 is 10.2 Å². The molecule has 1 aliphatic rings. The average molecular weight is 252 g/mol. The molecule has 6 nitrogen and oxygen atoms in total. The Kier molecular flexibility index (Phi) is 5.63. The molecule has 0 bridgehead atoms. The Bertz CT molecular complexity index is 288. The van der Waals surface area contributed by atoms with E-state index in [0.29, 0.717) is 39.3 Å². The molecule has 0 radical (unpaired) electrons. The minimum Gasteiger partial charge on any atom is -0.396 e. The first-order valence-corrected chi connectivity index (χ1v) is 6.93. The molecule has 1 unspecified atom stereocenters. The van der Waals surface area contributed by atoms with Crippen LogP contribution in [0.5, 0.6) is 0 Å². The first-order valence-electron chi connectivity index (χ1n) is 5.49. The van der Waals surface area contributed by atoms with Crippen molar-refractivity contribution in [3.63, 3.8) is 0 Å². The highest BCUT2D eigenvalue weighted by Crippen LogP contribution is 2.05. The van der Waals surface area contributed by atoms with E-state index >= 15 is 0 Å². The highest BCUT2D eigenvalue weighted by Gasteiger charge is 2.23. The molecule has 1 rings (SSSR count). The van der Waals surface area contributed by atoms with Crippen molar-refractivity contribution in [3.8, 4) is 0 Å². The van der Waals surface area contributed by atoms with Gasteiger partial charge in [-0.3, -0.25) is 0 Å². The number of aliphatic hydroxyl groups excluding tert-OH is 1. The molecule has 0 aliphatic carbocycles. The summed E-state index contributed by atoms with van der Waals surface area (Å²) in [4.78, 5) is 0. The fraction of sp³-hybridized carbons (Fsp3) is 1.00. The number of ether oxygens (including phenoxy) is 1. The Morgan fingerprint density at radius 1 is 1.44 bits per heavy atom. The van der Waals surface area contributed by atoms with Gasteiger partial charge in [0, 0.05) is 26.2 Å². The average Bonchev–Trinajstić information content (AvgIpc) is 2.28. The van der Waals surface area contributed by atoms with Gasteiger partial charge in [0.1, 0.15) is 0 Å². The number of hydrogen-bond donors (Lipinski definition) is 2. The predicted octanol–water partition coefficient (Wildman–Crippen LogP) is -0.828. The molecule has 96 valence electrons. The third-order valence-corrected chi connectivity index (χ3v) is 4.12. The zero-order valence-electron chi connectivity index (χ0n) is 9.55. The number of nitrogens with zero attached hydrogens (tertiary/aromatic N) is 1. The lowest BCUT2D eigenvalue weighted by Crippen LogP contribution is -2.47. The van der Waals surface area contributed by atoms with Crippen LogP contribution in [0.15, 0.2) is 0 Å². The Balaban J connectivity index is 2.38. The van der Waals surface area contributed by atoms with Crippen LogP contribution in [0.4, 0.5) is 0 Å². The van der Waals surface area contributed by atoms with Crippen LogP contribution in [0.3, 0.4) is 0 Å². The lowest BCUT2D eigenvalue weighted by molar-refractivity contribution is 0.0724. The van der Waals surface area contributed by atoms with E-state index in [9.17, 15) is 8.42 Å². The summed E-state index contributed by atoms with van der Waals surface area (Å²) in [5, 5.41) is 8.71. The molecule has 0 aromatic carbocycles. The van der Waals surface area contributed by atoms with Crippen molar-refractivity contribution in [2.75, 3.05) is 39.5 Å². The number of hydrogen-bond acceptors (Lipinski definition) is 4. The van der Waals surface area contributed by atoms with Gasteiger partial charge in [-0.15, -0.1) is 0 Å². The summed E-state index contributed by atoms with van der Waals surface area (Å²) < 4.78 is 32.6. The zero-order valence-corrected chi connectivity index (χ0v) is 10.4. The van der Waals surface area contributed by atoms with E-state index in [0.717, 1.165) is 0 Å². The van der Waals surface area contributed by atoms with Gasteiger partial charge in [0.15, 0.2) is 0 Å². The Morgan fingerprint density at radius 3 is 2.62 bits per heavy atom. The lowest BCUT2D eigenvalue weighted by atomic mass is 10.1. The molecule has 1 saturated heterocycles. The van der Waals surface area contributed by atoms with E-state index in [1.54, 1.807) is 0 Å². The maximum absolute atomic E-state index is 11.8. The maximum atomic E-state index is 11.8. The largest absolute Gasteiger partial charge is 0.396 e. The molecular weight excluding hydrogens is 232 g/mol. The molecule has 0 aromatic rings. The molecule has 2 N–H and O–H groups in total. The van der Waals surface area contributed by atoms with Crippen LogP contribution in [0.25, 0.3) is 0 Å². The van der Waals surface area contributed by atoms with Crippen LogP contribution in [-0.4, -0.2) is 57.3 Å². The van der Waals surface area contributed by atoms with E-state index in [-0.39, 0.29) is 12.5 Å². The van der Waals surface area contributed by atoms with Crippen molar-refractivity contribution in [1.82, 2.24) is 9.03 Å². The first-order chi connectivity index (χ1) is 7.56. The fourth-order valence-corrected chi connectivity index (χ4v) is 2.76. The summed E-state index contributed by atoms with van der Waals surface area (Å²) in [6, 6.07) is 0. The second-order valence-electron chi connectivity index (χ2n) is 3.98. The molecule has 0 saturated carbocycles. The van der Waals surface area contributed by atoms with Crippen LogP contribution < -0.4 is 4.72 Å². The van der Waals surface area contributed by atoms with Gasteiger partial charge in [0.05, 0.1) is 13.2 Å². The van der Waals surface area contributed by atoms with E-state index in [1.807, 2.05) is 6.92 Å². The summed E-state index contributed by atoms with van der Waals surface area (Å²) in [6.45, 7) is 4.06. The van der Waals surface area contributed by atoms with Crippen molar-refractivity contribution in [1.29, 1.82) is 0 Å². The van der Waals surface area contributed by atoms with Gasteiger partial charge in [-0.2, -0.15) is 12.7 Å². The van der Waals surface area contributed by atoms with Crippen LogP contribution in [-0.2, 0) is 14.9 Å². The third kappa shape index (κ3) is 4.34. The molecule has 0 aromatic heterocycles. The van der Waals surface area contributed by atoms with E-state index in [4.69, 9.17) is 9.84 Å². The molecular formula is C9H20N2O4S. The summed E-state index contributed by atoms with van der Waals surface area (Å²) in [5.41, 5.74) is 0. The fourth-order valence-electron chi connectivity index (χ4n) is 1.45. The first kappa shape index (κ1) is 13.9. The highest BCUT2D eigenvalue weighted by molar-refractivity contribution is 7.87.